The van der Waals surface area contributed by atoms with Crippen LogP contribution in [0.4, 0.5) is 5.69 Å². The third kappa shape index (κ3) is 2.54. The summed E-state index contributed by atoms with van der Waals surface area (Å²) in [4.78, 5) is 4.51. The molecule has 0 radical (unpaired) electrons. The molecule has 3 nitrogen and oxygen atoms in total. The molecule has 20 heavy (non-hydrogen) atoms. The van der Waals surface area contributed by atoms with Crippen LogP contribution in [-0.4, -0.2) is 9.55 Å². The Bertz CT molecular complexity index is 591. The van der Waals surface area contributed by atoms with Crippen molar-refractivity contribution in [2.24, 2.45) is 11.3 Å². The zero-order valence-electron chi connectivity index (χ0n) is 12.6. The minimum absolute atomic E-state index is 0.475. The van der Waals surface area contributed by atoms with Gasteiger partial charge in [0, 0.05) is 12.2 Å². The van der Waals surface area contributed by atoms with E-state index in [9.17, 15) is 0 Å². The third-order valence-corrected chi connectivity index (χ3v) is 4.66. The predicted molar refractivity (Wildman–Crippen MR) is 84.5 cm³/mol. The molecule has 0 unspecified atom stereocenters. The first kappa shape index (κ1) is 13.5. The number of hydrogen-bond donors (Lipinski definition) is 1. The summed E-state index contributed by atoms with van der Waals surface area (Å²) in [5.41, 5.74) is 9.34. The van der Waals surface area contributed by atoms with Crippen LogP contribution in [0.5, 0.6) is 0 Å². The lowest BCUT2D eigenvalue weighted by atomic mass is 9.78. The van der Waals surface area contributed by atoms with E-state index >= 15 is 0 Å². The molecule has 3 rings (SSSR count). The molecule has 0 spiro atoms. The second-order valence-electron chi connectivity index (χ2n) is 6.93. The minimum Gasteiger partial charge on any atom is -0.399 e. The van der Waals surface area contributed by atoms with Crippen molar-refractivity contribution < 1.29 is 0 Å². The summed E-state index contributed by atoms with van der Waals surface area (Å²) in [5, 5.41) is 0. The third-order valence-electron chi connectivity index (χ3n) is 4.66. The van der Waals surface area contributed by atoms with Gasteiger partial charge in [-0.3, -0.25) is 0 Å². The maximum Gasteiger partial charge on any atom is 0.0958 e. The first-order chi connectivity index (χ1) is 9.58. The second-order valence-corrected chi connectivity index (χ2v) is 6.93. The summed E-state index contributed by atoms with van der Waals surface area (Å²) in [7, 11) is 0. The number of aromatic nitrogens is 2. The highest BCUT2D eigenvalue weighted by molar-refractivity contribution is 5.78. The number of anilines is 1. The Hall–Kier alpha value is -1.51. The lowest BCUT2D eigenvalue weighted by Crippen LogP contribution is -2.25. The van der Waals surface area contributed by atoms with Crippen LogP contribution in [0.3, 0.4) is 0 Å². The summed E-state index contributed by atoms with van der Waals surface area (Å²) < 4.78 is 2.34. The van der Waals surface area contributed by atoms with E-state index < -0.39 is 0 Å². The lowest BCUT2D eigenvalue weighted by Gasteiger charge is -2.31. The molecule has 2 aromatic rings. The number of fused-ring (bicyclic) bond motifs is 1. The Kier molecular flexibility index (Phi) is 3.45. The van der Waals surface area contributed by atoms with E-state index in [2.05, 4.69) is 29.5 Å². The van der Waals surface area contributed by atoms with Gasteiger partial charge in [0.25, 0.3) is 0 Å². The van der Waals surface area contributed by atoms with Gasteiger partial charge < -0.3 is 10.3 Å². The Balaban J connectivity index is 1.90. The standard InChI is InChI=1S/C17H25N3/c1-13(2)10-17(7-3-4-8-17)11-20-12-19-15-9-14(18)5-6-16(15)20/h5-6,9,12-13H,3-4,7-8,10-11,18H2,1-2H3. The zero-order chi connectivity index (χ0) is 14.2. The second kappa shape index (κ2) is 5.12. The van der Waals surface area contributed by atoms with Crippen molar-refractivity contribution in [3.05, 3.63) is 24.5 Å². The molecule has 108 valence electrons. The number of nitrogen functional groups attached to an aromatic ring is 1. The van der Waals surface area contributed by atoms with Crippen LogP contribution in [0.1, 0.15) is 46.0 Å². The molecule has 1 aromatic carbocycles. The summed E-state index contributed by atoms with van der Waals surface area (Å²) in [5.74, 6) is 0.763. The first-order valence-electron chi connectivity index (χ1n) is 7.78. The van der Waals surface area contributed by atoms with Crippen molar-refractivity contribution in [2.45, 2.75) is 52.5 Å². The SMILES string of the molecule is CC(C)CC1(Cn2cnc3cc(N)ccc32)CCCC1. The number of nitrogens with two attached hydrogens (primary N) is 1. The molecule has 1 aliphatic carbocycles. The molecular weight excluding hydrogens is 246 g/mol. The molecule has 1 saturated carbocycles. The van der Waals surface area contributed by atoms with Crippen LogP contribution in [0, 0.1) is 11.3 Å². The van der Waals surface area contributed by atoms with Crippen molar-refractivity contribution >= 4 is 16.7 Å². The summed E-state index contributed by atoms with van der Waals surface area (Å²) in [6.45, 7) is 5.78. The van der Waals surface area contributed by atoms with Gasteiger partial charge >= 0.3 is 0 Å². The lowest BCUT2D eigenvalue weighted by molar-refractivity contribution is 0.199. The summed E-state index contributed by atoms with van der Waals surface area (Å²) >= 11 is 0. The maximum atomic E-state index is 5.84. The first-order valence-corrected chi connectivity index (χ1v) is 7.78. The zero-order valence-corrected chi connectivity index (χ0v) is 12.6. The highest BCUT2D eigenvalue weighted by Gasteiger charge is 2.34. The van der Waals surface area contributed by atoms with Gasteiger partial charge in [0.15, 0.2) is 0 Å². The highest BCUT2D eigenvalue weighted by atomic mass is 15.1. The number of rotatable bonds is 4. The molecule has 2 N–H and O–H groups in total. The van der Waals surface area contributed by atoms with E-state index in [1.165, 1.54) is 37.6 Å². The van der Waals surface area contributed by atoms with E-state index in [-0.39, 0.29) is 0 Å². The van der Waals surface area contributed by atoms with Crippen LogP contribution in [0.15, 0.2) is 24.5 Å². The fourth-order valence-corrected chi connectivity index (χ4v) is 3.99. The van der Waals surface area contributed by atoms with Crippen LogP contribution >= 0.6 is 0 Å². The fraction of sp³-hybridized carbons (Fsp3) is 0.588. The number of imidazole rings is 1. The van der Waals surface area contributed by atoms with Gasteiger partial charge in [0.05, 0.1) is 17.4 Å². The molecular formula is C17H25N3. The molecule has 0 saturated heterocycles. The Labute approximate surface area is 121 Å². The molecule has 3 heteroatoms. The van der Waals surface area contributed by atoms with Gasteiger partial charge in [-0.1, -0.05) is 26.7 Å². The average Bonchev–Trinajstić information content (AvgIpc) is 2.97. The Morgan fingerprint density at radius 1 is 1.30 bits per heavy atom. The van der Waals surface area contributed by atoms with Gasteiger partial charge in [-0.05, 0) is 48.8 Å². The maximum absolute atomic E-state index is 5.84. The van der Waals surface area contributed by atoms with Gasteiger partial charge in [-0.25, -0.2) is 4.98 Å². The molecule has 0 amide bonds. The van der Waals surface area contributed by atoms with Gasteiger partial charge in [0.1, 0.15) is 0 Å². The normalized spacial score (nSPS) is 18.1. The molecule has 0 atom stereocenters. The monoisotopic (exact) mass is 271 g/mol. The number of benzene rings is 1. The van der Waals surface area contributed by atoms with E-state index in [1.807, 2.05) is 18.5 Å². The largest absolute Gasteiger partial charge is 0.399 e. The van der Waals surface area contributed by atoms with Crippen LogP contribution in [0.2, 0.25) is 0 Å². The Morgan fingerprint density at radius 3 is 2.75 bits per heavy atom. The highest BCUT2D eigenvalue weighted by Crippen LogP contribution is 2.44. The molecule has 1 fully saturated rings. The Morgan fingerprint density at radius 2 is 2.05 bits per heavy atom. The van der Waals surface area contributed by atoms with Crippen molar-refractivity contribution in [3.63, 3.8) is 0 Å². The van der Waals surface area contributed by atoms with E-state index in [1.54, 1.807) is 0 Å². The van der Waals surface area contributed by atoms with Crippen LogP contribution in [-0.2, 0) is 6.54 Å². The van der Waals surface area contributed by atoms with Crippen molar-refractivity contribution in [1.82, 2.24) is 9.55 Å². The molecule has 1 heterocycles. The minimum atomic E-state index is 0.475. The molecule has 0 aliphatic heterocycles. The molecule has 1 aliphatic rings. The van der Waals surface area contributed by atoms with Crippen LogP contribution in [0.25, 0.3) is 11.0 Å². The molecule has 0 bridgehead atoms. The fourth-order valence-electron chi connectivity index (χ4n) is 3.99. The van der Waals surface area contributed by atoms with Crippen molar-refractivity contribution in [2.75, 3.05) is 5.73 Å². The number of hydrogen-bond acceptors (Lipinski definition) is 2. The van der Waals surface area contributed by atoms with Gasteiger partial charge in [0.2, 0.25) is 0 Å². The number of nitrogens with zero attached hydrogens (tertiary/aromatic N) is 2. The van der Waals surface area contributed by atoms with E-state index in [0.717, 1.165) is 23.7 Å². The summed E-state index contributed by atoms with van der Waals surface area (Å²) in [6.07, 6.45) is 8.80. The van der Waals surface area contributed by atoms with Crippen LogP contribution < -0.4 is 5.73 Å². The smallest absolute Gasteiger partial charge is 0.0958 e. The van der Waals surface area contributed by atoms with Crippen molar-refractivity contribution in [1.29, 1.82) is 0 Å². The quantitative estimate of drug-likeness (QED) is 0.846. The van der Waals surface area contributed by atoms with Gasteiger partial charge in [-0.2, -0.15) is 0 Å². The van der Waals surface area contributed by atoms with Crippen molar-refractivity contribution in [3.8, 4) is 0 Å². The predicted octanol–water partition coefficient (Wildman–Crippen LogP) is 4.23. The molecule has 1 aromatic heterocycles. The van der Waals surface area contributed by atoms with E-state index in [4.69, 9.17) is 5.73 Å². The van der Waals surface area contributed by atoms with E-state index in [0.29, 0.717) is 5.41 Å². The summed E-state index contributed by atoms with van der Waals surface area (Å²) in [6, 6.07) is 6.05. The van der Waals surface area contributed by atoms with Gasteiger partial charge in [-0.15, -0.1) is 0 Å². The topological polar surface area (TPSA) is 43.8 Å². The average molecular weight is 271 g/mol.